The number of hydrogen-bond acceptors (Lipinski definition) is 6. The van der Waals surface area contributed by atoms with Crippen LogP contribution >= 0.6 is 27.5 Å². The van der Waals surface area contributed by atoms with Gasteiger partial charge < -0.3 is 30.9 Å². The van der Waals surface area contributed by atoms with Crippen molar-refractivity contribution in [3.05, 3.63) is 80.8 Å². The number of nitrogens with two attached hydrogens (primary N) is 1. The van der Waals surface area contributed by atoms with Crippen molar-refractivity contribution in [3.8, 4) is 11.5 Å². The smallest absolute Gasteiger partial charge is 0.341 e. The first-order chi connectivity index (χ1) is 16.7. The highest BCUT2D eigenvalue weighted by Gasteiger charge is 2.17. The van der Waals surface area contributed by atoms with Gasteiger partial charge in [0.25, 0.3) is 5.91 Å². The van der Waals surface area contributed by atoms with Gasteiger partial charge in [-0.3, -0.25) is 10.2 Å². The Morgan fingerprint density at radius 1 is 1.14 bits per heavy atom. The first-order valence-electron chi connectivity index (χ1n) is 10.2. The summed E-state index contributed by atoms with van der Waals surface area (Å²) < 4.78 is 11.2. The molecule has 1 amide bonds. The number of benzene rings is 3. The number of aliphatic carboxylic acids is 1. The number of ether oxygens (including phenoxy) is 2. The Morgan fingerprint density at radius 2 is 1.86 bits per heavy atom. The summed E-state index contributed by atoms with van der Waals surface area (Å²) >= 11 is 9.54. The second-order valence-electron chi connectivity index (χ2n) is 7.24. The summed E-state index contributed by atoms with van der Waals surface area (Å²) in [4.78, 5) is 24.0. The summed E-state index contributed by atoms with van der Waals surface area (Å²) in [5.74, 6) is -0.794. The van der Waals surface area contributed by atoms with Gasteiger partial charge >= 0.3 is 5.97 Å². The molecule has 182 valence electrons. The van der Waals surface area contributed by atoms with Gasteiger partial charge in [0.05, 0.1) is 12.7 Å². The Morgan fingerprint density at radius 3 is 2.49 bits per heavy atom. The summed E-state index contributed by atoms with van der Waals surface area (Å²) in [6.45, 7) is -0.317. The molecule has 0 atom stereocenters. The predicted octanol–water partition coefficient (Wildman–Crippen LogP) is 4.72. The molecule has 35 heavy (non-hydrogen) atoms. The fourth-order valence-electron chi connectivity index (χ4n) is 3.15. The first-order valence-corrected chi connectivity index (χ1v) is 11.4. The van der Waals surface area contributed by atoms with Gasteiger partial charge in [-0.05, 0) is 70.5 Å². The number of anilines is 2. The third kappa shape index (κ3) is 6.65. The van der Waals surface area contributed by atoms with E-state index in [1.165, 1.54) is 13.2 Å². The lowest BCUT2D eigenvalue weighted by Gasteiger charge is -2.17. The van der Waals surface area contributed by atoms with Crippen molar-refractivity contribution in [2.75, 3.05) is 24.4 Å². The van der Waals surface area contributed by atoms with Crippen molar-refractivity contribution in [2.45, 2.75) is 6.54 Å². The number of carbonyl (C=O) groups is 2. The number of carboxylic acid groups (broad SMARTS) is 1. The number of carboxylic acids is 1. The molecule has 3 aromatic carbocycles. The molecule has 0 unspecified atom stereocenters. The van der Waals surface area contributed by atoms with Crippen LogP contribution in [0, 0.1) is 5.41 Å². The molecule has 0 heterocycles. The van der Waals surface area contributed by atoms with Gasteiger partial charge in [0.2, 0.25) is 0 Å². The molecule has 0 aliphatic heterocycles. The van der Waals surface area contributed by atoms with Gasteiger partial charge in [0.15, 0.2) is 6.61 Å². The van der Waals surface area contributed by atoms with Crippen molar-refractivity contribution < 1.29 is 24.2 Å². The van der Waals surface area contributed by atoms with E-state index in [0.717, 1.165) is 0 Å². The molecule has 0 aliphatic rings. The van der Waals surface area contributed by atoms with Crippen LogP contribution in [-0.4, -0.2) is 36.5 Å². The second kappa shape index (κ2) is 11.6. The molecule has 0 radical (unpaired) electrons. The van der Waals surface area contributed by atoms with Gasteiger partial charge in [-0.15, -0.1) is 0 Å². The maximum Gasteiger partial charge on any atom is 0.341 e. The molecule has 11 heteroatoms. The lowest BCUT2D eigenvalue weighted by Crippen LogP contribution is -2.16. The monoisotopic (exact) mass is 560 g/mol. The van der Waals surface area contributed by atoms with Crippen molar-refractivity contribution >= 4 is 56.6 Å². The van der Waals surface area contributed by atoms with Crippen molar-refractivity contribution in [2.24, 2.45) is 5.73 Å². The van der Waals surface area contributed by atoms with E-state index in [0.29, 0.717) is 49.1 Å². The Hall–Kier alpha value is -3.76. The minimum atomic E-state index is -1.12. The highest BCUT2D eigenvalue weighted by molar-refractivity contribution is 9.10. The number of hydrogen-bond donors (Lipinski definition) is 5. The summed E-state index contributed by atoms with van der Waals surface area (Å²) in [5.41, 5.74) is 7.97. The Kier molecular flexibility index (Phi) is 8.56. The van der Waals surface area contributed by atoms with E-state index in [-0.39, 0.29) is 12.4 Å². The normalized spacial score (nSPS) is 10.4. The average Bonchev–Trinajstić information content (AvgIpc) is 2.82. The highest BCUT2D eigenvalue weighted by atomic mass is 79.9. The molecular formula is C24H22BrClN4O5. The second-order valence-corrected chi connectivity index (χ2v) is 8.47. The molecule has 6 N–H and O–H groups in total. The van der Waals surface area contributed by atoms with E-state index in [2.05, 4.69) is 26.6 Å². The number of amides is 1. The lowest BCUT2D eigenvalue weighted by atomic mass is 10.1. The molecule has 0 saturated heterocycles. The third-order valence-electron chi connectivity index (χ3n) is 4.85. The number of carbonyl (C=O) groups excluding carboxylic acids is 1. The zero-order valence-electron chi connectivity index (χ0n) is 18.5. The fraction of sp³-hybridized carbons (Fsp3) is 0.125. The van der Waals surface area contributed by atoms with E-state index in [4.69, 9.17) is 37.3 Å². The number of nitrogens with one attached hydrogen (secondary N) is 3. The molecule has 0 bridgehead atoms. The predicted molar refractivity (Wildman–Crippen MR) is 138 cm³/mol. The zero-order valence-corrected chi connectivity index (χ0v) is 20.9. The van der Waals surface area contributed by atoms with Crippen LogP contribution < -0.4 is 25.8 Å². The van der Waals surface area contributed by atoms with Gasteiger partial charge in [-0.25, -0.2) is 4.79 Å². The Balaban J connectivity index is 1.83. The van der Waals surface area contributed by atoms with E-state index in [1.54, 1.807) is 48.5 Å². The molecule has 3 rings (SSSR count). The zero-order chi connectivity index (χ0) is 25.5. The summed E-state index contributed by atoms with van der Waals surface area (Å²) in [6.07, 6.45) is 0. The van der Waals surface area contributed by atoms with Gasteiger partial charge in [0.1, 0.15) is 21.8 Å². The van der Waals surface area contributed by atoms with Crippen LogP contribution in [0.15, 0.2) is 59.1 Å². The van der Waals surface area contributed by atoms with Gasteiger partial charge in [0, 0.05) is 34.1 Å². The number of methoxy groups -OCH3 is 1. The first kappa shape index (κ1) is 25.9. The number of nitrogen functional groups attached to an aromatic ring is 1. The molecule has 0 aromatic heterocycles. The maximum atomic E-state index is 13.0. The minimum Gasteiger partial charge on any atom is -0.495 e. The number of amidine groups is 1. The van der Waals surface area contributed by atoms with Crippen molar-refractivity contribution in [1.29, 1.82) is 5.41 Å². The quantitative estimate of drug-likeness (QED) is 0.178. The summed E-state index contributed by atoms with van der Waals surface area (Å²) in [6, 6.07) is 14.9. The molecule has 3 aromatic rings. The average molecular weight is 562 g/mol. The van der Waals surface area contributed by atoms with Crippen LogP contribution in [0.3, 0.4) is 0 Å². The SMILES string of the molecule is COc1ccc(CNc2ccc(Cl)cc2C(=O)Nc2ccc(C(=N)N)cc2)c(OCC(=O)O)c1Br. The van der Waals surface area contributed by atoms with E-state index < -0.39 is 18.5 Å². The van der Waals surface area contributed by atoms with Crippen LogP contribution in [0.25, 0.3) is 0 Å². The molecule has 0 saturated carbocycles. The van der Waals surface area contributed by atoms with Gasteiger partial charge in [-0.2, -0.15) is 0 Å². The Labute approximate surface area is 214 Å². The highest BCUT2D eigenvalue weighted by Crippen LogP contribution is 2.38. The topological polar surface area (TPSA) is 147 Å². The van der Waals surface area contributed by atoms with E-state index in [9.17, 15) is 9.59 Å². The van der Waals surface area contributed by atoms with Crippen LogP contribution in [0.2, 0.25) is 5.02 Å². The van der Waals surface area contributed by atoms with Crippen LogP contribution in [0.5, 0.6) is 11.5 Å². The summed E-state index contributed by atoms with van der Waals surface area (Å²) in [5, 5.41) is 22.8. The Bertz CT molecular complexity index is 1270. The van der Waals surface area contributed by atoms with Crippen molar-refractivity contribution in [3.63, 3.8) is 0 Å². The minimum absolute atomic E-state index is 0.0684. The third-order valence-corrected chi connectivity index (χ3v) is 5.84. The molecule has 9 nitrogen and oxygen atoms in total. The van der Waals surface area contributed by atoms with E-state index >= 15 is 0 Å². The standard InChI is InChI=1S/C24H22BrClN4O5/c1-34-19-9-4-14(22(21(19)25)35-12-20(31)32)11-29-18-8-5-15(26)10-17(18)24(33)30-16-6-2-13(3-7-16)23(27)28/h2-10,29H,11-12H2,1H3,(H3,27,28)(H,30,33)(H,31,32). The number of rotatable bonds is 10. The van der Waals surface area contributed by atoms with Crippen LogP contribution in [0.1, 0.15) is 21.5 Å². The lowest BCUT2D eigenvalue weighted by molar-refractivity contribution is -0.139. The summed E-state index contributed by atoms with van der Waals surface area (Å²) in [7, 11) is 1.49. The molecular weight excluding hydrogens is 540 g/mol. The van der Waals surface area contributed by atoms with Crippen LogP contribution in [-0.2, 0) is 11.3 Å². The largest absolute Gasteiger partial charge is 0.495 e. The molecule has 0 spiro atoms. The van der Waals surface area contributed by atoms with Crippen molar-refractivity contribution in [1.82, 2.24) is 0 Å². The van der Waals surface area contributed by atoms with E-state index in [1.807, 2.05) is 0 Å². The molecule has 0 fully saturated rings. The van der Waals surface area contributed by atoms with Crippen LogP contribution in [0.4, 0.5) is 11.4 Å². The van der Waals surface area contributed by atoms with Gasteiger partial charge in [-0.1, -0.05) is 11.6 Å². The fourth-order valence-corrected chi connectivity index (χ4v) is 3.98. The molecule has 0 aliphatic carbocycles. The number of halogens is 2. The maximum absolute atomic E-state index is 13.0.